The minimum atomic E-state index is -1.12. The van der Waals surface area contributed by atoms with Gasteiger partial charge in [0.05, 0.1) is 12.1 Å². The van der Waals surface area contributed by atoms with Crippen LogP contribution in [0.5, 0.6) is 0 Å². The summed E-state index contributed by atoms with van der Waals surface area (Å²) in [6, 6.07) is -0.854. The number of amides is 1. The molecule has 8 heteroatoms. The molecule has 0 heterocycles. The van der Waals surface area contributed by atoms with Gasteiger partial charge in [0.1, 0.15) is 6.54 Å². The number of hydrogen-bond acceptors (Lipinski definition) is 6. The van der Waals surface area contributed by atoms with Gasteiger partial charge in [0.2, 0.25) is 5.91 Å². The molecular weight excluding hydrogens is 416 g/mol. The molecule has 7 nitrogen and oxygen atoms in total. The van der Waals surface area contributed by atoms with Gasteiger partial charge in [-0.3, -0.25) is 9.59 Å². The summed E-state index contributed by atoms with van der Waals surface area (Å²) in [5.74, 6) is -1.38. The Labute approximate surface area is 191 Å². The molecule has 0 aromatic heterocycles. The molecule has 1 unspecified atom stereocenters. The van der Waals surface area contributed by atoms with E-state index in [2.05, 4.69) is 18.3 Å². The Balaban J connectivity index is 4.51. The van der Waals surface area contributed by atoms with Gasteiger partial charge in [0.15, 0.2) is 0 Å². The lowest BCUT2D eigenvalue weighted by molar-refractivity contribution is -0.138. The Morgan fingerprint density at radius 2 is 1.77 bits per heavy atom. The van der Waals surface area contributed by atoms with Gasteiger partial charge < -0.3 is 26.4 Å². The number of aliphatic hydroxyl groups excluding tert-OH is 2. The number of carboxylic acid groups (broad SMARTS) is 1. The minimum Gasteiger partial charge on any atom is -0.480 e. The van der Waals surface area contributed by atoms with Gasteiger partial charge in [0.25, 0.3) is 0 Å². The van der Waals surface area contributed by atoms with Crippen LogP contribution in [0.2, 0.25) is 0 Å². The number of aliphatic hydroxyl groups is 2. The van der Waals surface area contributed by atoms with E-state index in [0.717, 1.165) is 6.42 Å². The first kappa shape index (κ1) is 29.7. The summed E-state index contributed by atoms with van der Waals surface area (Å²) in [6.45, 7) is 1.84. The van der Waals surface area contributed by atoms with Crippen molar-refractivity contribution in [1.29, 1.82) is 0 Å². The van der Waals surface area contributed by atoms with Crippen molar-refractivity contribution in [3.63, 3.8) is 0 Å². The largest absolute Gasteiger partial charge is 0.480 e. The van der Waals surface area contributed by atoms with Crippen molar-refractivity contribution in [2.75, 3.05) is 18.9 Å². The van der Waals surface area contributed by atoms with Crippen LogP contribution in [0.15, 0.2) is 24.3 Å². The van der Waals surface area contributed by atoms with Gasteiger partial charge in [-0.1, -0.05) is 63.3 Å². The van der Waals surface area contributed by atoms with Crippen molar-refractivity contribution >= 4 is 23.6 Å². The zero-order chi connectivity index (χ0) is 23.3. The Morgan fingerprint density at radius 3 is 2.45 bits per heavy atom. The molecule has 0 fully saturated rings. The molecular formula is C23H42N2O5S. The molecule has 0 spiro atoms. The van der Waals surface area contributed by atoms with E-state index in [0.29, 0.717) is 19.3 Å². The number of carboxylic acids is 1. The third kappa shape index (κ3) is 18.0. The van der Waals surface area contributed by atoms with E-state index in [1.807, 2.05) is 18.2 Å². The number of carbonyl (C=O) groups is 2. The third-order valence-corrected chi connectivity index (χ3v) is 6.19. The highest BCUT2D eigenvalue weighted by Gasteiger charge is 2.21. The normalized spacial score (nSPS) is 14.7. The molecule has 0 aliphatic heterocycles. The van der Waals surface area contributed by atoms with Crippen LogP contribution in [0.1, 0.15) is 71.1 Å². The standard InChI is InChI=1S/C23H42N2O5S/c1-2-3-4-5-6-7-8-9-10-11-15-21(20(27)14-12-13-16-26)31-18-19(24)23(30)25-17-22(28)29/h9-11,15,19-21,26-27H,2-8,12-14,16-18,24H2,1H3,(H,25,30)(H,28,29)/t19?,20-,21+/m0/s1. The van der Waals surface area contributed by atoms with E-state index in [-0.39, 0.29) is 17.6 Å². The molecule has 0 radical (unpaired) electrons. The van der Waals surface area contributed by atoms with Crippen LogP contribution in [0.3, 0.4) is 0 Å². The maximum atomic E-state index is 11.9. The molecule has 0 bridgehead atoms. The van der Waals surface area contributed by atoms with Crippen molar-refractivity contribution in [2.45, 2.75) is 88.5 Å². The van der Waals surface area contributed by atoms with Gasteiger partial charge >= 0.3 is 5.97 Å². The van der Waals surface area contributed by atoms with Crippen molar-refractivity contribution in [3.05, 3.63) is 24.3 Å². The summed E-state index contributed by atoms with van der Waals surface area (Å²) in [5.41, 5.74) is 5.85. The second-order valence-electron chi connectivity index (χ2n) is 7.67. The van der Waals surface area contributed by atoms with Gasteiger partial charge in [0, 0.05) is 17.6 Å². The van der Waals surface area contributed by atoms with Gasteiger partial charge in [-0.2, -0.15) is 0 Å². The molecule has 0 saturated heterocycles. The molecule has 180 valence electrons. The summed E-state index contributed by atoms with van der Waals surface area (Å²) in [7, 11) is 0. The minimum absolute atomic E-state index is 0.0934. The van der Waals surface area contributed by atoms with Crippen LogP contribution in [0, 0.1) is 0 Å². The van der Waals surface area contributed by atoms with Crippen LogP contribution >= 0.6 is 11.8 Å². The van der Waals surface area contributed by atoms with Crippen LogP contribution in [-0.2, 0) is 9.59 Å². The van der Waals surface area contributed by atoms with Crippen molar-refractivity contribution in [1.82, 2.24) is 5.32 Å². The highest BCUT2D eigenvalue weighted by molar-refractivity contribution is 8.00. The maximum absolute atomic E-state index is 11.9. The van der Waals surface area contributed by atoms with Crippen LogP contribution in [0.4, 0.5) is 0 Å². The number of aliphatic carboxylic acids is 1. The molecule has 0 rings (SSSR count). The molecule has 0 aliphatic carbocycles. The van der Waals surface area contributed by atoms with E-state index in [1.54, 1.807) is 0 Å². The topological polar surface area (TPSA) is 133 Å². The molecule has 1 amide bonds. The average Bonchev–Trinajstić information content (AvgIpc) is 2.75. The molecule has 0 aromatic rings. The Morgan fingerprint density at radius 1 is 1.06 bits per heavy atom. The number of allylic oxidation sites excluding steroid dienone is 3. The first-order valence-corrected chi connectivity index (χ1v) is 12.5. The van der Waals surface area contributed by atoms with E-state index in [1.165, 1.54) is 50.3 Å². The van der Waals surface area contributed by atoms with Crippen molar-refractivity contribution in [2.24, 2.45) is 5.73 Å². The zero-order valence-corrected chi connectivity index (χ0v) is 19.7. The predicted molar refractivity (Wildman–Crippen MR) is 128 cm³/mol. The second kappa shape index (κ2) is 20.5. The summed E-state index contributed by atoms with van der Waals surface area (Å²) < 4.78 is 0. The molecule has 0 aliphatic rings. The van der Waals surface area contributed by atoms with E-state index < -0.39 is 30.6 Å². The fraction of sp³-hybridized carbons (Fsp3) is 0.739. The lowest BCUT2D eigenvalue weighted by Gasteiger charge is -2.21. The first-order valence-electron chi connectivity index (χ1n) is 11.4. The average molecular weight is 459 g/mol. The number of rotatable bonds is 20. The van der Waals surface area contributed by atoms with Gasteiger partial charge in [-0.25, -0.2) is 0 Å². The summed E-state index contributed by atoms with van der Waals surface area (Å²) in [5, 5.41) is 30.1. The van der Waals surface area contributed by atoms with Gasteiger partial charge in [-0.15, -0.1) is 11.8 Å². The number of carbonyl (C=O) groups excluding carboxylic acids is 1. The first-order chi connectivity index (χ1) is 14.9. The van der Waals surface area contributed by atoms with E-state index >= 15 is 0 Å². The molecule has 0 saturated carbocycles. The van der Waals surface area contributed by atoms with E-state index in [4.69, 9.17) is 15.9 Å². The van der Waals surface area contributed by atoms with Crippen molar-refractivity contribution in [3.8, 4) is 0 Å². The molecule has 0 aromatic carbocycles. The summed E-state index contributed by atoms with van der Waals surface area (Å²) >= 11 is 1.37. The lowest BCUT2D eigenvalue weighted by Crippen LogP contribution is -2.44. The predicted octanol–water partition coefficient (Wildman–Crippen LogP) is 3.00. The Hall–Kier alpha value is -1.35. The van der Waals surface area contributed by atoms with Gasteiger partial charge in [-0.05, 0) is 32.1 Å². The second-order valence-corrected chi connectivity index (χ2v) is 8.88. The number of unbranched alkanes of at least 4 members (excludes halogenated alkanes) is 7. The Kier molecular flexibility index (Phi) is 19.7. The zero-order valence-electron chi connectivity index (χ0n) is 18.9. The number of hydrogen-bond donors (Lipinski definition) is 5. The SMILES string of the molecule is CCCCCCCCC=CC=C[C@@H](SCC(N)C(=O)NCC(=O)O)[C@@H](O)CCCCO. The molecule has 3 atom stereocenters. The highest BCUT2D eigenvalue weighted by Crippen LogP contribution is 2.21. The molecule has 6 N–H and O–H groups in total. The monoisotopic (exact) mass is 458 g/mol. The number of nitrogens with one attached hydrogen (secondary N) is 1. The third-order valence-electron chi connectivity index (χ3n) is 4.78. The number of thioether (sulfide) groups is 1. The maximum Gasteiger partial charge on any atom is 0.322 e. The summed E-state index contributed by atoms with van der Waals surface area (Å²) in [4.78, 5) is 22.4. The van der Waals surface area contributed by atoms with Crippen LogP contribution in [0.25, 0.3) is 0 Å². The quantitative estimate of drug-likeness (QED) is 0.140. The van der Waals surface area contributed by atoms with Crippen molar-refractivity contribution < 1.29 is 24.9 Å². The fourth-order valence-corrected chi connectivity index (χ4v) is 4.04. The molecule has 31 heavy (non-hydrogen) atoms. The fourth-order valence-electron chi connectivity index (χ4n) is 2.90. The van der Waals surface area contributed by atoms with E-state index in [9.17, 15) is 14.7 Å². The summed E-state index contributed by atoms with van der Waals surface area (Å²) in [6.07, 6.45) is 17.8. The smallest absolute Gasteiger partial charge is 0.322 e. The number of nitrogens with two attached hydrogens (primary N) is 1. The Bertz CT molecular complexity index is 528. The van der Waals surface area contributed by atoms with Crippen LogP contribution < -0.4 is 11.1 Å². The highest BCUT2D eigenvalue weighted by atomic mass is 32.2. The lowest BCUT2D eigenvalue weighted by atomic mass is 10.1. The van der Waals surface area contributed by atoms with Crippen LogP contribution in [-0.4, -0.2) is 63.5 Å².